The van der Waals surface area contributed by atoms with Crippen molar-refractivity contribution in [2.45, 2.75) is 32.7 Å². The van der Waals surface area contributed by atoms with Gasteiger partial charge >= 0.3 is 11.2 Å². The van der Waals surface area contributed by atoms with E-state index in [0.717, 1.165) is 5.56 Å². The third-order valence-electron chi connectivity index (χ3n) is 4.35. The van der Waals surface area contributed by atoms with E-state index in [9.17, 15) is 14.9 Å². The van der Waals surface area contributed by atoms with Crippen LogP contribution >= 0.6 is 0 Å². The molecule has 1 aromatic carbocycles. The predicted octanol–water partition coefficient (Wildman–Crippen LogP) is 3.90. The molecule has 0 aliphatic rings. The molecule has 7 nitrogen and oxygen atoms in total. The van der Waals surface area contributed by atoms with Gasteiger partial charge in [0.25, 0.3) is 0 Å². The molecule has 2 aromatic heterocycles. The van der Waals surface area contributed by atoms with Crippen LogP contribution in [0.4, 0.5) is 11.5 Å². The number of fused-ring (bicyclic) bond motifs is 1. The summed E-state index contributed by atoms with van der Waals surface area (Å²) in [5.74, 6) is 0.405. The van der Waals surface area contributed by atoms with Gasteiger partial charge in [-0.2, -0.15) is 0 Å². The number of nitrogens with zero attached hydrogens (tertiary/aromatic N) is 3. The first kappa shape index (κ1) is 17.6. The van der Waals surface area contributed by atoms with Gasteiger partial charge in [0.2, 0.25) is 5.82 Å². The summed E-state index contributed by atoms with van der Waals surface area (Å²) in [6, 6.07) is 12.8. The summed E-state index contributed by atoms with van der Waals surface area (Å²) in [5, 5.41) is 14.5. The summed E-state index contributed by atoms with van der Waals surface area (Å²) in [5.41, 5.74) is 1.27. The van der Waals surface area contributed by atoms with Crippen molar-refractivity contribution in [2.75, 3.05) is 5.32 Å². The zero-order valence-electron chi connectivity index (χ0n) is 14.8. The second-order valence-electron chi connectivity index (χ2n) is 6.49. The number of hydrogen-bond donors (Lipinski definition) is 1. The first-order valence-corrected chi connectivity index (χ1v) is 8.40. The van der Waals surface area contributed by atoms with Crippen molar-refractivity contribution in [3.8, 4) is 0 Å². The van der Waals surface area contributed by atoms with E-state index in [2.05, 4.69) is 24.1 Å². The largest absolute Gasteiger partial charge is 0.376 e. The molecule has 0 amide bonds. The Kier molecular flexibility index (Phi) is 4.71. The van der Waals surface area contributed by atoms with E-state index in [-0.39, 0.29) is 11.9 Å². The molecule has 0 saturated carbocycles. The van der Waals surface area contributed by atoms with Crippen molar-refractivity contribution in [3.63, 3.8) is 0 Å². The molecule has 0 fully saturated rings. The molecular formula is C19H20N4O3. The van der Waals surface area contributed by atoms with Crippen LogP contribution in [0.3, 0.4) is 0 Å². The molecule has 26 heavy (non-hydrogen) atoms. The van der Waals surface area contributed by atoms with E-state index in [1.807, 2.05) is 31.2 Å². The van der Waals surface area contributed by atoms with Crippen LogP contribution in [0, 0.1) is 10.1 Å². The Balaban J connectivity index is 2.00. The predicted molar refractivity (Wildman–Crippen MR) is 101 cm³/mol. The molecule has 1 N–H and O–H groups in total. The van der Waals surface area contributed by atoms with E-state index < -0.39 is 16.2 Å². The minimum Gasteiger partial charge on any atom is -0.358 e. The third kappa shape index (κ3) is 3.28. The zero-order chi connectivity index (χ0) is 18.8. The standard InChI is InChI=1S/C19H20N4O3/c1-12(2)14-7-9-15(10-8-14)13(3)20-18-17(23(25)26)19(24)22-11-5-4-6-16(22)21-18/h4-13,20H,1-3H3/t13-/m0/s1. The first-order valence-electron chi connectivity index (χ1n) is 8.40. The van der Waals surface area contributed by atoms with Crippen LogP contribution in [0.5, 0.6) is 0 Å². The fourth-order valence-electron chi connectivity index (χ4n) is 2.80. The van der Waals surface area contributed by atoms with Gasteiger partial charge < -0.3 is 5.32 Å². The van der Waals surface area contributed by atoms with Crippen molar-refractivity contribution in [3.05, 3.63) is 80.3 Å². The summed E-state index contributed by atoms with van der Waals surface area (Å²) in [6.45, 7) is 6.11. The number of anilines is 1. The van der Waals surface area contributed by atoms with E-state index in [0.29, 0.717) is 11.6 Å². The molecule has 134 valence electrons. The highest BCUT2D eigenvalue weighted by Gasteiger charge is 2.24. The molecule has 0 aliphatic carbocycles. The number of hydrogen-bond acceptors (Lipinski definition) is 5. The highest BCUT2D eigenvalue weighted by molar-refractivity contribution is 5.60. The third-order valence-corrected chi connectivity index (χ3v) is 4.35. The van der Waals surface area contributed by atoms with Gasteiger partial charge in [0.15, 0.2) is 0 Å². The molecule has 0 unspecified atom stereocenters. The van der Waals surface area contributed by atoms with E-state index >= 15 is 0 Å². The van der Waals surface area contributed by atoms with Crippen molar-refractivity contribution in [1.29, 1.82) is 0 Å². The van der Waals surface area contributed by atoms with Crippen LogP contribution < -0.4 is 10.9 Å². The highest BCUT2D eigenvalue weighted by Crippen LogP contribution is 2.25. The summed E-state index contributed by atoms with van der Waals surface area (Å²) in [4.78, 5) is 27.5. The number of rotatable bonds is 5. The summed E-state index contributed by atoms with van der Waals surface area (Å²) < 4.78 is 1.17. The molecule has 3 aromatic rings. The van der Waals surface area contributed by atoms with E-state index in [1.165, 1.54) is 16.2 Å². The van der Waals surface area contributed by atoms with Crippen LogP contribution in [-0.4, -0.2) is 14.3 Å². The average molecular weight is 352 g/mol. The van der Waals surface area contributed by atoms with Crippen LogP contribution in [-0.2, 0) is 0 Å². The second kappa shape index (κ2) is 6.95. The minimum absolute atomic E-state index is 0.0216. The zero-order valence-corrected chi connectivity index (χ0v) is 14.8. The lowest BCUT2D eigenvalue weighted by Gasteiger charge is -2.16. The maximum absolute atomic E-state index is 12.5. The SMILES string of the molecule is CC(C)c1ccc([C@H](C)Nc2nc3ccccn3c(=O)c2[N+](=O)[O-])cc1. The lowest BCUT2D eigenvalue weighted by Crippen LogP contribution is -2.22. The lowest BCUT2D eigenvalue weighted by molar-refractivity contribution is -0.385. The van der Waals surface area contributed by atoms with Crippen molar-refractivity contribution >= 4 is 17.2 Å². The molecule has 2 heterocycles. The normalized spacial score (nSPS) is 12.3. The molecule has 7 heteroatoms. The number of aromatic nitrogens is 2. The molecule has 0 radical (unpaired) electrons. The lowest BCUT2D eigenvalue weighted by atomic mass is 9.99. The van der Waals surface area contributed by atoms with E-state index in [4.69, 9.17) is 0 Å². The quantitative estimate of drug-likeness (QED) is 0.555. The Morgan fingerprint density at radius 2 is 1.73 bits per heavy atom. The fraction of sp³-hybridized carbons (Fsp3) is 0.263. The highest BCUT2D eigenvalue weighted by atomic mass is 16.6. The Bertz CT molecular complexity index is 1010. The number of pyridine rings is 1. The maximum Gasteiger partial charge on any atom is 0.376 e. The topological polar surface area (TPSA) is 89.5 Å². The Morgan fingerprint density at radius 1 is 1.08 bits per heavy atom. The molecular weight excluding hydrogens is 332 g/mol. The number of nitro groups is 1. The average Bonchev–Trinajstić information content (AvgIpc) is 2.61. The maximum atomic E-state index is 12.5. The van der Waals surface area contributed by atoms with Gasteiger partial charge in [0, 0.05) is 6.20 Å². The Morgan fingerprint density at radius 3 is 2.35 bits per heavy atom. The molecule has 0 spiro atoms. The van der Waals surface area contributed by atoms with Crippen LogP contribution in [0.1, 0.15) is 43.9 Å². The van der Waals surface area contributed by atoms with Crippen LogP contribution in [0.15, 0.2) is 53.5 Å². The molecule has 0 aliphatic heterocycles. The van der Waals surface area contributed by atoms with Gasteiger partial charge in [0.05, 0.1) is 11.0 Å². The van der Waals surface area contributed by atoms with Gasteiger partial charge in [-0.15, -0.1) is 0 Å². The van der Waals surface area contributed by atoms with Gasteiger partial charge in [-0.3, -0.25) is 19.3 Å². The number of nitrogens with one attached hydrogen (secondary N) is 1. The van der Waals surface area contributed by atoms with Gasteiger partial charge in [-0.05, 0) is 36.1 Å². The Labute approximate surface area is 150 Å². The summed E-state index contributed by atoms with van der Waals surface area (Å²) >= 11 is 0. The fourth-order valence-corrected chi connectivity index (χ4v) is 2.80. The van der Waals surface area contributed by atoms with Crippen molar-refractivity contribution in [1.82, 2.24) is 9.38 Å². The van der Waals surface area contributed by atoms with Gasteiger partial charge in [-0.1, -0.05) is 44.2 Å². The first-order chi connectivity index (χ1) is 12.4. The summed E-state index contributed by atoms with van der Waals surface area (Å²) in [7, 11) is 0. The molecule has 0 bridgehead atoms. The molecule has 0 saturated heterocycles. The molecule has 3 rings (SSSR count). The van der Waals surface area contributed by atoms with Crippen molar-refractivity contribution in [2.24, 2.45) is 0 Å². The van der Waals surface area contributed by atoms with Crippen molar-refractivity contribution < 1.29 is 4.92 Å². The van der Waals surface area contributed by atoms with Gasteiger partial charge in [-0.25, -0.2) is 4.98 Å². The van der Waals surface area contributed by atoms with E-state index in [1.54, 1.807) is 18.2 Å². The van der Waals surface area contributed by atoms with Crippen LogP contribution in [0.2, 0.25) is 0 Å². The smallest absolute Gasteiger partial charge is 0.358 e. The summed E-state index contributed by atoms with van der Waals surface area (Å²) in [6.07, 6.45) is 1.47. The van der Waals surface area contributed by atoms with Crippen LogP contribution in [0.25, 0.3) is 5.65 Å². The monoisotopic (exact) mass is 352 g/mol. The minimum atomic E-state index is -0.703. The number of benzene rings is 1. The Hall–Kier alpha value is -3.22. The second-order valence-corrected chi connectivity index (χ2v) is 6.49. The molecule has 1 atom stereocenters. The van der Waals surface area contributed by atoms with Gasteiger partial charge in [0.1, 0.15) is 5.65 Å².